The Morgan fingerprint density at radius 3 is 1.29 bits per heavy atom. The molecule has 0 fully saturated rings. The third kappa shape index (κ3) is 10.7. The predicted octanol–water partition coefficient (Wildman–Crippen LogP) is -0.154. The van der Waals surface area contributed by atoms with Crippen LogP contribution in [0, 0.1) is 0 Å². The number of nitrogens with two attached hydrogens (primary N) is 2. The molecule has 7 heavy (non-hydrogen) atoms. The highest BCUT2D eigenvalue weighted by atomic mass is 14.5. The topological polar surface area (TPSA) is 87.0 Å². The lowest BCUT2D eigenvalue weighted by atomic mass is 1.000. The van der Waals surface area contributed by atoms with E-state index in [0.717, 1.165) is 25.9 Å². The highest BCUT2D eigenvalue weighted by Crippen LogP contribution is 1.77. The summed E-state index contributed by atoms with van der Waals surface area (Å²) in [5.74, 6) is 0. The summed E-state index contributed by atoms with van der Waals surface area (Å²) < 4.78 is 0. The molecule has 0 saturated heterocycles. The van der Waals surface area contributed by atoms with Gasteiger partial charge in [0, 0.05) is 0 Å². The van der Waals surface area contributed by atoms with Gasteiger partial charge in [0.1, 0.15) is 0 Å². The Morgan fingerprint density at radius 1 is 0.857 bits per heavy atom. The summed E-state index contributed by atoms with van der Waals surface area (Å²) in [6.07, 6.45) is 2.13. The van der Waals surface area contributed by atoms with E-state index in [-0.39, 0.29) is 6.15 Å². The van der Waals surface area contributed by atoms with Crippen LogP contribution in [0.5, 0.6) is 0 Å². The van der Waals surface area contributed by atoms with Gasteiger partial charge in [0.15, 0.2) is 0 Å². The van der Waals surface area contributed by atoms with E-state index in [1.807, 2.05) is 0 Å². The molecule has 0 spiro atoms. The molecule has 0 aromatic carbocycles. The van der Waals surface area contributed by atoms with Gasteiger partial charge in [-0.2, -0.15) is 0 Å². The Hall–Kier alpha value is -0.120. The van der Waals surface area contributed by atoms with E-state index >= 15 is 0 Å². The molecule has 0 heterocycles. The maximum absolute atomic E-state index is 5.16. The fourth-order valence-corrected chi connectivity index (χ4v) is 0.289. The van der Waals surface area contributed by atoms with Crippen molar-refractivity contribution in [2.45, 2.75) is 12.8 Å². The van der Waals surface area contributed by atoms with Gasteiger partial charge in [-0.05, 0) is 25.9 Å². The largest absolute Gasteiger partial charge is 0.344 e. The van der Waals surface area contributed by atoms with Crippen LogP contribution in [0.3, 0.4) is 0 Å². The minimum Gasteiger partial charge on any atom is -0.344 e. The lowest BCUT2D eigenvalue weighted by Crippen LogP contribution is -2.03. The predicted molar refractivity (Wildman–Crippen MR) is 32.4 cm³/mol. The minimum absolute atomic E-state index is 0. The number of unbranched alkanes of at least 4 members (excludes halogenated alkanes) is 1. The Kier molecular flexibility index (Phi) is 13.3. The lowest BCUT2D eigenvalue weighted by molar-refractivity contribution is 0.755. The lowest BCUT2D eigenvalue weighted by Gasteiger charge is -1.87. The summed E-state index contributed by atoms with van der Waals surface area (Å²) >= 11 is 0. The van der Waals surface area contributed by atoms with Crippen LogP contribution in [-0.2, 0) is 0 Å². The van der Waals surface area contributed by atoms with Crippen LogP contribution in [-0.4, -0.2) is 13.1 Å². The molecule has 0 aliphatic rings. The standard InChI is InChI=1S/C4H12N2.H3N/c5-3-1-2-4-6;/h1-6H2;1H3/i;1-13. The van der Waals surface area contributed by atoms with Crippen molar-refractivity contribution < 1.29 is 0 Å². The van der Waals surface area contributed by atoms with Crippen LogP contribution < -0.4 is 17.6 Å². The van der Waals surface area contributed by atoms with Crippen molar-refractivity contribution >= 4 is 0 Å². The molecule has 46 valence electrons. The fraction of sp³-hybridized carbons (Fsp3) is 1.00. The summed E-state index contributed by atoms with van der Waals surface area (Å²) in [6.45, 7) is 1.55. The highest BCUT2D eigenvalue weighted by Gasteiger charge is 1.75. The molecule has 0 aromatic rings. The van der Waals surface area contributed by atoms with Crippen LogP contribution >= 0.6 is 0 Å². The average Bonchev–Trinajstić information content (AvgIpc) is 1.61. The minimum atomic E-state index is 0. The number of rotatable bonds is 3. The fourth-order valence-electron chi connectivity index (χ4n) is 0.289. The van der Waals surface area contributed by atoms with Crippen LogP contribution in [0.25, 0.3) is 0 Å². The first-order valence-corrected chi connectivity index (χ1v) is 2.32. The van der Waals surface area contributed by atoms with E-state index in [9.17, 15) is 0 Å². The van der Waals surface area contributed by atoms with Gasteiger partial charge in [-0.3, -0.25) is 0 Å². The van der Waals surface area contributed by atoms with Crippen molar-refractivity contribution in [1.82, 2.24) is 6.15 Å². The van der Waals surface area contributed by atoms with Gasteiger partial charge in [-0.25, -0.2) is 0 Å². The number of hydrogen-bond donors (Lipinski definition) is 3. The van der Waals surface area contributed by atoms with Gasteiger partial charge in [0.25, 0.3) is 0 Å². The zero-order valence-corrected chi connectivity index (χ0v) is 4.69. The molecule has 3 nitrogen and oxygen atoms in total. The summed E-state index contributed by atoms with van der Waals surface area (Å²) in [5.41, 5.74) is 10.3. The maximum Gasteiger partial charge on any atom is -0.00768 e. The van der Waals surface area contributed by atoms with E-state index in [4.69, 9.17) is 11.5 Å². The normalized spacial score (nSPS) is 7.71. The summed E-state index contributed by atoms with van der Waals surface area (Å²) in [5, 5.41) is 0. The second-order valence-electron chi connectivity index (χ2n) is 1.28. The molecule has 0 aliphatic carbocycles. The molecule has 3 heteroatoms. The second-order valence-corrected chi connectivity index (χ2v) is 1.28. The zero-order chi connectivity index (χ0) is 4.83. The van der Waals surface area contributed by atoms with Crippen LogP contribution in [0.15, 0.2) is 0 Å². The smallest absolute Gasteiger partial charge is 0.00768 e. The quantitative estimate of drug-likeness (QED) is 0.423. The molecule has 0 rings (SSSR count). The van der Waals surface area contributed by atoms with Gasteiger partial charge in [0.2, 0.25) is 0 Å². The number of hydrogen-bond acceptors (Lipinski definition) is 3. The van der Waals surface area contributed by atoms with Crippen molar-refractivity contribution in [2.75, 3.05) is 13.1 Å². The van der Waals surface area contributed by atoms with Gasteiger partial charge >= 0.3 is 0 Å². The van der Waals surface area contributed by atoms with E-state index in [2.05, 4.69) is 0 Å². The Bertz CT molecular complexity index is 18.9. The summed E-state index contributed by atoms with van der Waals surface area (Å²) in [6, 6.07) is 0. The van der Waals surface area contributed by atoms with Crippen LogP contribution in [0.4, 0.5) is 0 Å². The molecule has 0 aromatic heterocycles. The SMILES string of the molecule is NCCCCN.[1NH3]. The van der Waals surface area contributed by atoms with Crippen molar-refractivity contribution in [3.8, 4) is 0 Å². The molecule has 0 radical (unpaired) electrons. The van der Waals surface area contributed by atoms with Crippen molar-refractivity contribution in [1.29, 1.82) is 0 Å². The van der Waals surface area contributed by atoms with Crippen molar-refractivity contribution in [3.05, 3.63) is 0 Å². The van der Waals surface area contributed by atoms with Crippen molar-refractivity contribution in [3.63, 3.8) is 0 Å². The first-order chi connectivity index (χ1) is 2.91. The Labute approximate surface area is 44.6 Å². The average molecular weight is 92.2 g/mol. The van der Waals surface area contributed by atoms with E-state index in [0.29, 0.717) is 0 Å². The third-order valence-corrected chi connectivity index (χ3v) is 0.658. The maximum atomic E-state index is 5.16. The highest BCUT2D eigenvalue weighted by molar-refractivity contribution is 4.38. The zero-order valence-electron chi connectivity index (χ0n) is 4.69. The van der Waals surface area contributed by atoms with Crippen molar-refractivity contribution in [2.24, 2.45) is 11.5 Å². The van der Waals surface area contributed by atoms with E-state index in [1.165, 1.54) is 0 Å². The van der Waals surface area contributed by atoms with Gasteiger partial charge in [0.05, 0.1) is 0 Å². The summed E-state index contributed by atoms with van der Waals surface area (Å²) in [7, 11) is 0. The Balaban J connectivity index is 0. The summed E-state index contributed by atoms with van der Waals surface area (Å²) in [4.78, 5) is 0. The molecule has 0 aliphatic heterocycles. The van der Waals surface area contributed by atoms with Gasteiger partial charge in [-0.15, -0.1) is 0 Å². The molecule has 0 amide bonds. The van der Waals surface area contributed by atoms with E-state index < -0.39 is 0 Å². The molecule has 0 unspecified atom stereocenters. The molecular weight excluding hydrogens is 77.1 g/mol. The van der Waals surface area contributed by atoms with Gasteiger partial charge in [-0.1, -0.05) is 0 Å². The van der Waals surface area contributed by atoms with Crippen LogP contribution in [0.1, 0.15) is 12.8 Å². The molecule has 7 N–H and O–H groups in total. The second kappa shape index (κ2) is 9.30. The van der Waals surface area contributed by atoms with E-state index in [1.54, 1.807) is 0 Å². The van der Waals surface area contributed by atoms with Gasteiger partial charge < -0.3 is 17.6 Å². The first-order valence-electron chi connectivity index (χ1n) is 2.32. The monoisotopic (exact) mass is 92.1 g/mol. The Morgan fingerprint density at radius 2 is 1.14 bits per heavy atom. The van der Waals surface area contributed by atoms with Crippen LogP contribution in [0.2, 0.25) is 0 Å². The molecule has 0 bridgehead atoms. The molecule has 0 saturated carbocycles. The third-order valence-electron chi connectivity index (χ3n) is 0.658. The molecule has 0 atom stereocenters. The molecular formula is C4H15N3. The first kappa shape index (κ1) is 9.99.